The standard InChI is InChI=1S/C18H29NO/c1-13-9-15(3)17(18(20)10-13)12-19(4)11-16-8-6-5-7-14(16)2/h5-8,13,15,17-18,20H,9-12H2,1-4H3. The van der Waals surface area contributed by atoms with Crippen molar-refractivity contribution in [2.75, 3.05) is 13.6 Å². The first-order valence-corrected chi connectivity index (χ1v) is 7.88. The highest BCUT2D eigenvalue weighted by atomic mass is 16.3. The van der Waals surface area contributed by atoms with Gasteiger partial charge in [-0.25, -0.2) is 0 Å². The minimum atomic E-state index is -0.131. The third kappa shape index (κ3) is 3.83. The highest BCUT2D eigenvalue weighted by Gasteiger charge is 2.33. The van der Waals surface area contributed by atoms with E-state index in [4.69, 9.17) is 0 Å². The van der Waals surface area contributed by atoms with Crippen LogP contribution in [0.1, 0.15) is 37.8 Å². The summed E-state index contributed by atoms with van der Waals surface area (Å²) in [6, 6.07) is 8.57. The van der Waals surface area contributed by atoms with Crippen molar-refractivity contribution in [3.63, 3.8) is 0 Å². The van der Waals surface area contributed by atoms with Crippen molar-refractivity contribution in [3.8, 4) is 0 Å². The third-order valence-corrected chi connectivity index (χ3v) is 4.87. The number of aliphatic hydroxyl groups is 1. The number of nitrogens with zero attached hydrogens (tertiary/aromatic N) is 1. The molecule has 1 N–H and O–H groups in total. The Labute approximate surface area is 123 Å². The van der Waals surface area contributed by atoms with Crippen molar-refractivity contribution in [1.82, 2.24) is 4.90 Å². The Hall–Kier alpha value is -0.860. The van der Waals surface area contributed by atoms with Crippen LogP contribution in [0.3, 0.4) is 0 Å². The van der Waals surface area contributed by atoms with Crippen molar-refractivity contribution in [1.29, 1.82) is 0 Å². The Morgan fingerprint density at radius 3 is 2.55 bits per heavy atom. The van der Waals surface area contributed by atoms with Gasteiger partial charge in [0.15, 0.2) is 0 Å². The zero-order valence-electron chi connectivity index (χ0n) is 13.3. The van der Waals surface area contributed by atoms with Gasteiger partial charge in [-0.2, -0.15) is 0 Å². The molecule has 0 spiro atoms. The molecular weight excluding hydrogens is 246 g/mol. The quantitative estimate of drug-likeness (QED) is 0.909. The van der Waals surface area contributed by atoms with E-state index in [0.29, 0.717) is 17.8 Å². The molecule has 2 nitrogen and oxygen atoms in total. The van der Waals surface area contributed by atoms with Gasteiger partial charge in [-0.3, -0.25) is 0 Å². The Kier molecular flexibility index (Phi) is 5.22. The molecule has 0 aliphatic heterocycles. The van der Waals surface area contributed by atoms with Crippen LogP contribution in [0.4, 0.5) is 0 Å². The fourth-order valence-electron chi connectivity index (χ4n) is 3.68. The molecule has 112 valence electrons. The van der Waals surface area contributed by atoms with Crippen molar-refractivity contribution in [3.05, 3.63) is 35.4 Å². The normalized spacial score (nSPS) is 30.7. The van der Waals surface area contributed by atoms with Gasteiger partial charge in [-0.1, -0.05) is 38.1 Å². The van der Waals surface area contributed by atoms with Crippen LogP contribution in [0.2, 0.25) is 0 Å². The molecule has 0 amide bonds. The molecular formula is C18H29NO. The largest absolute Gasteiger partial charge is 0.393 e. The van der Waals surface area contributed by atoms with Gasteiger partial charge in [0.2, 0.25) is 0 Å². The topological polar surface area (TPSA) is 23.5 Å². The molecule has 2 rings (SSSR count). The lowest BCUT2D eigenvalue weighted by Gasteiger charge is -2.39. The van der Waals surface area contributed by atoms with Gasteiger partial charge < -0.3 is 10.0 Å². The van der Waals surface area contributed by atoms with Crippen molar-refractivity contribution >= 4 is 0 Å². The van der Waals surface area contributed by atoms with Crippen LogP contribution in [0, 0.1) is 24.7 Å². The number of hydrogen-bond acceptors (Lipinski definition) is 2. The molecule has 1 fully saturated rings. The molecule has 1 aromatic rings. The molecule has 0 aromatic heterocycles. The second-order valence-electron chi connectivity index (χ2n) is 6.91. The summed E-state index contributed by atoms with van der Waals surface area (Å²) in [5.41, 5.74) is 2.74. The van der Waals surface area contributed by atoms with Crippen LogP contribution in [0.5, 0.6) is 0 Å². The molecule has 2 heteroatoms. The van der Waals surface area contributed by atoms with Gasteiger partial charge >= 0.3 is 0 Å². The molecule has 20 heavy (non-hydrogen) atoms. The molecule has 0 bridgehead atoms. The van der Waals surface area contributed by atoms with E-state index in [0.717, 1.165) is 19.5 Å². The minimum Gasteiger partial charge on any atom is -0.393 e. The maximum Gasteiger partial charge on any atom is 0.0585 e. The second-order valence-corrected chi connectivity index (χ2v) is 6.91. The molecule has 0 heterocycles. The Morgan fingerprint density at radius 1 is 1.20 bits per heavy atom. The lowest BCUT2D eigenvalue weighted by molar-refractivity contribution is 0.000580. The van der Waals surface area contributed by atoms with Crippen LogP contribution >= 0.6 is 0 Å². The molecule has 4 atom stereocenters. The number of rotatable bonds is 4. The molecule has 0 radical (unpaired) electrons. The maximum atomic E-state index is 10.4. The van der Waals surface area contributed by atoms with Crippen molar-refractivity contribution in [2.45, 2.75) is 46.3 Å². The predicted octanol–water partition coefficient (Wildman–Crippen LogP) is 3.47. The summed E-state index contributed by atoms with van der Waals surface area (Å²) in [6.45, 7) is 8.68. The van der Waals surface area contributed by atoms with E-state index >= 15 is 0 Å². The minimum absolute atomic E-state index is 0.131. The van der Waals surface area contributed by atoms with E-state index < -0.39 is 0 Å². The van der Waals surface area contributed by atoms with Gasteiger partial charge in [-0.15, -0.1) is 0 Å². The van der Waals surface area contributed by atoms with Gasteiger partial charge in [-0.05, 0) is 49.8 Å². The summed E-state index contributed by atoms with van der Waals surface area (Å²) in [7, 11) is 2.17. The average molecular weight is 275 g/mol. The first-order chi connectivity index (χ1) is 9.47. The monoisotopic (exact) mass is 275 g/mol. The maximum absolute atomic E-state index is 10.4. The zero-order valence-corrected chi connectivity index (χ0v) is 13.3. The van der Waals surface area contributed by atoms with Crippen LogP contribution in [-0.2, 0) is 6.54 Å². The summed E-state index contributed by atoms with van der Waals surface area (Å²) in [5.74, 6) is 1.70. The number of aryl methyl sites for hydroxylation is 1. The SMILES string of the molecule is Cc1ccccc1CN(C)CC1C(C)CC(C)CC1O. The van der Waals surface area contributed by atoms with Crippen molar-refractivity contribution < 1.29 is 5.11 Å². The van der Waals surface area contributed by atoms with Gasteiger partial charge in [0.05, 0.1) is 6.10 Å². The van der Waals surface area contributed by atoms with E-state index in [2.05, 4.69) is 57.0 Å². The van der Waals surface area contributed by atoms with Gasteiger partial charge in [0, 0.05) is 19.0 Å². The molecule has 4 unspecified atom stereocenters. The molecule has 1 aliphatic rings. The van der Waals surface area contributed by atoms with Crippen LogP contribution in [0.25, 0.3) is 0 Å². The Morgan fingerprint density at radius 2 is 1.90 bits per heavy atom. The highest BCUT2D eigenvalue weighted by Crippen LogP contribution is 2.34. The predicted molar refractivity (Wildman–Crippen MR) is 84.6 cm³/mol. The van der Waals surface area contributed by atoms with E-state index in [1.807, 2.05) is 0 Å². The first-order valence-electron chi connectivity index (χ1n) is 7.88. The summed E-state index contributed by atoms with van der Waals surface area (Å²) in [4.78, 5) is 2.36. The van der Waals surface area contributed by atoms with E-state index in [1.165, 1.54) is 17.5 Å². The molecule has 1 aromatic carbocycles. The van der Waals surface area contributed by atoms with Crippen molar-refractivity contribution in [2.24, 2.45) is 17.8 Å². The van der Waals surface area contributed by atoms with E-state index in [-0.39, 0.29) is 6.10 Å². The van der Waals surface area contributed by atoms with Crippen LogP contribution < -0.4 is 0 Å². The molecule has 1 saturated carbocycles. The highest BCUT2D eigenvalue weighted by molar-refractivity contribution is 5.25. The van der Waals surface area contributed by atoms with Gasteiger partial charge in [0.25, 0.3) is 0 Å². The van der Waals surface area contributed by atoms with E-state index in [9.17, 15) is 5.11 Å². The number of aliphatic hydroxyl groups excluding tert-OH is 1. The fourth-order valence-corrected chi connectivity index (χ4v) is 3.68. The second kappa shape index (κ2) is 6.73. The lowest BCUT2D eigenvalue weighted by atomic mass is 9.73. The third-order valence-electron chi connectivity index (χ3n) is 4.87. The molecule has 0 saturated heterocycles. The zero-order chi connectivity index (χ0) is 14.7. The fraction of sp³-hybridized carbons (Fsp3) is 0.667. The number of hydrogen-bond donors (Lipinski definition) is 1. The van der Waals surface area contributed by atoms with Crippen LogP contribution in [0.15, 0.2) is 24.3 Å². The average Bonchev–Trinajstić information content (AvgIpc) is 2.36. The summed E-state index contributed by atoms with van der Waals surface area (Å²) >= 11 is 0. The first kappa shape index (κ1) is 15.5. The number of benzene rings is 1. The Balaban J connectivity index is 1.94. The summed E-state index contributed by atoms with van der Waals surface area (Å²) in [6.07, 6.45) is 2.08. The summed E-state index contributed by atoms with van der Waals surface area (Å²) < 4.78 is 0. The van der Waals surface area contributed by atoms with E-state index in [1.54, 1.807) is 0 Å². The van der Waals surface area contributed by atoms with Gasteiger partial charge in [0.1, 0.15) is 0 Å². The van der Waals surface area contributed by atoms with Crippen LogP contribution in [-0.4, -0.2) is 29.7 Å². The summed E-state index contributed by atoms with van der Waals surface area (Å²) in [5, 5.41) is 10.4. The molecule has 1 aliphatic carbocycles. The lowest BCUT2D eigenvalue weighted by Crippen LogP contribution is -2.41. The Bertz CT molecular complexity index is 419. The smallest absolute Gasteiger partial charge is 0.0585 e.